The van der Waals surface area contributed by atoms with E-state index < -0.39 is 72.6 Å². The Morgan fingerprint density at radius 1 is 1.06 bits per heavy atom. The van der Waals surface area contributed by atoms with Crippen LogP contribution in [-0.4, -0.2) is 134 Å². The van der Waals surface area contributed by atoms with Gasteiger partial charge in [-0.15, -0.1) is 0 Å². The number of carbonyl (C=O) groups is 3. The normalized spacial score (nSPS) is 23.1. The summed E-state index contributed by atoms with van der Waals surface area (Å²) in [6.45, 7) is 3.16. The van der Waals surface area contributed by atoms with Gasteiger partial charge in [-0.3, -0.25) is 19.9 Å². The van der Waals surface area contributed by atoms with E-state index >= 15 is 0 Å². The van der Waals surface area contributed by atoms with Crippen molar-refractivity contribution in [1.82, 2.24) is 10.4 Å². The molecule has 1 aromatic heterocycles. The maximum absolute atomic E-state index is 13.6. The van der Waals surface area contributed by atoms with Crippen molar-refractivity contribution < 1.29 is 73.6 Å². The minimum Gasteiger partial charge on any atom is -0.508 e. The molecule has 64 heavy (non-hydrogen) atoms. The molecule has 19 nitrogen and oxygen atoms in total. The summed E-state index contributed by atoms with van der Waals surface area (Å²) in [6, 6.07) is 13.7. The van der Waals surface area contributed by atoms with Gasteiger partial charge in [0.25, 0.3) is 0 Å². The summed E-state index contributed by atoms with van der Waals surface area (Å²) in [4.78, 5) is 60.7. The molecule has 0 unspecified atom stereocenters. The summed E-state index contributed by atoms with van der Waals surface area (Å²) in [6.07, 6.45) is -8.48. The number of aliphatic hydroxyl groups excluding tert-OH is 4. The van der Waals surface area contributed by atoms with Crippen LogP contribution in [0.4, 0.5) is 0 Å². The molecule has 0 spiro atoms. The lowest BCUT2D eigenvalue weighted by atomic mass is 9.77. The van der Waals surface area contributed by atoms with Crippen molar-refractivity contribution in [1.29, 1.82) is 0 Å². The van der Waals surface area contributed by atoms with E-state index in [4.69, 9.17) is 23.5 Å². The molecular weight excluding hydrogens is 839 g/mol. The number of nitrogens with one attached hydrogen (secondary N) is 1. The number of ether oxygens (including phenoxy) is 3. The topological polar surface area (TPSA) is 288 Å². The van der Waals surface area contributed by atoms with E-state index in [1.54, 1.807) is 24.4 Å². The molecule has 4 heterocycles. The largest absolute Gasteiger partial charge is 0.508 e. The number of aliphatic imine (C=N–C) groups is 1. The van der Waals surface area contributed by atoms with Crippen LogP contribution in [0.3, 0.4) is 0 Å². The zero-order valence-electron chi connectivity index (χ0n) is 34.6. The molecule has 3 aliphatic heterocycles. The Hall–Kier alpha value is -6.29. The quantitative estimate of drug-likeness (QED) is 0.0232. The van der Waals surface area contributed by atoms with Crippen molar-refractivity contribution in [2.45, 2.75) is 81.7 Å². The van der Waals surface area contributed by atoms with Crippen LogP contribution in [0.1, 0.15) is 36.0 Å². The molecule has 1 saturated heterocycles. The van der Waals surface area contributed by atoms with Gasteiger partial charge in [0.1, 0.15) is 35.7 Å². The van der Waals surface area contributed by atoms with Crippen molar-refractivity contribution in [3.8, 4) is 22.6 Å². The molecule has 338 valence electrons. The molecule has 0 saturated carbocycles. The molecule has 0 amide bonds. The third-order valence-electron chi connectivity index (χ3n) is 11.0. The summed E-state index contributed by atoms with van der Waals surface area (Å²) >= 11 is 0. The highest BCUT2D eigenvalue weighted by Gasteiger charge is 2.64. The molecule has 7 rings (SSSR count). The second-order valence-corrected chi connectivity index (χ2v) is 15.6. The number of aromatic hydroxyl groups is 1. The third-order valence-corrected chi connectivity index (χ3v) is 11.0. The number of carbonyl (C=O) groups excluding carboxylic acids is 2. The van der Waals surface area contributed by atoms with Gasteiger partial charge in [0.05, 0.1) is 35.0 Å². The first-order chi connectivity index (χ1) is 30.6. The number of aliphatic carboxylic acids is 1. The number of esters is 1. The number of hydrogen-bond acceptors (Lipinski definition) is 18. The zero-order chi connectivity index (χ0) is 45.9. The molecule has 0 aliphatic carbocycles. The standard InChI is InChI=1S/C45H47N3O16/c1-23-17-24(2)19-27(18-23)36-34-26(12-14-47-34)21-48(36)64-40-44(61-29-10-11-30-32(20-29)60-22-31(37(30)53)25-6-8-28(51)9-7-25)62-38(39(54)45(40,59)33(52)5-3-15-49)43(58)63-42(57)35(41(55)56)46-13-4-16-50/h6-12,14,16-20,22,33,35,38-40,43-44,46,49,51-52,54,58-59H,3-5,13,15,21H2,1-2H3,(H,55,56)/t33-,35-,38-,39+,40-,43+,44+,45-/m1/s1. The molecule has 0 bridgehead atoms. The first kappa shape index (κ1) is 45.7. The maximum Gasteiger partial charge on any atom is 0.337 e. The third kappa shape index (κ3) is 9.19. The molecule has 4 aromatic rings. The van der Waals surface area contributed by atoms with Gasteiger partial charge in [-0.25, -0.2) is 14.7 Å². The first-order valence-electron chi connectivity index (χ1n) is 20.3. The maximum atomic E-state index is 13.6. The average Bonchev–Trinajstić information content (AvgIpc) is 3.85. The predicted molar refractivity (Wildman–Crippen MR) is 225 cm³/mol. The number of carboxylic acids is 1. The van der Waals surface area contributed by atoms with Gasteiger partial charge in [-0.1, -0.05) is 29.3 Å². The van der Waals surface area contributed by atoms with Crippen LogP contribution in [-0.2, 0) is 28.7 Å². The van der Waals surface area contributed by atoms with Crippen LogP contribution >= 0.6 is 0 Å². The fourth-order valence-electron chi connectivity index (χ4n) is 7.94. The highest BCUT2D eigenvalue weighted by atomic mass is 16.8. The lowest BCUT2D eigenvalue weighted by Crippen LogP contribution is -2.75. The minimum atomic E-state index is -2.90. The van der Waals surface area contributed by atoms with E-state index in [0.717, 1.165) is 16.7 Å². The van der Waals surface area contributed by atoms with Gasteiger partial charge in [0.15, 0.2) is 23.2 Å². The Morgan fingerprint density at radius 3 is 2.48 bits per heavy atom. The number of aryl methyl sites for hydroxylation is 2. The fourth-order valence-corrected chi connectivity index (χ4v) is 7.94. The Bertz CT molecular complexity index is 2530. The highest BCUT2D eigenvalue weighted by Crippen LogP contribution is 2.44. The highest BCUT2D eigenvalue weighted by molar-refractivity contribution is 5.98. The number of allylic oxidation sites excluding steroid dienone is 1. The van der Waals surface area contributed by atoms with Crippen LogP contribution < -0.4 is 15.5 Å². The number of phenolic OH excluding ortho intramolecular Hbond substituents is 1. The van der Waals surface area contributed by atoms with Gasteiger partial charge in [-0.2, -0.15) is 0 Å². The van der Waals surface area contributed by atoms with Crippen LogP contribution in [0.15, 0.2) is 98.5 Å². The fraction of sp³-hybridized carbons (Fsp3) is 0.356. The molecular formula is C45H47N3O16. The summed E-state index contributed by atoms with van der Waals surface area (Å²) in [5.41, 5.74) is 1.56. The first-order valence-corrected chi connectivity index (χ1v) is 20.3. The van der Waals surface area contributed by atoms with E-state index in [2.05, 4.69) is 10.3 Å². The summed E-state index contributed by atoms with van der Waals surface area (Å²) in [5, 5.41) is 81.0. The lowest BCUT2D eigenvalue weighted by molar-refractivity contribution is -0.385. The van der Waals surface area contributed by atoms with Crippen molar-refractivity contribution >= 4 is 41.1 Å². The number of fused-ring (bicyclic) bond motifs is 2. The molecule has 1 fully saturated rings. The van der Waals surface area contributed by atoms with Crippen LogP contribution in [0.25, 0.3) is 27.8 Å². The summed E-state index contributed by atoms with van der Waals surface area (Å²) in [5.74, 6) is -3.36. The number of aliphatic hydroxyl groups is 5. The Kier molecular flexibility index (Phi) is 13.7. The molecule has 3 aliphatic rings. The Balaban J connectivity index is 1.30. The number of hydrogen-bond donors (Lipinski definition) is 8. The second-order valence-electron chi connectivity index (χ2n) is 15.6. The van der Waals surface area contributed by atoms with Gasteiger partial charge in [0.2, 0.25) is 18.6 Å². The number of nitrogens with zero attached hydrogens (tertiary/aromatic N) is 2. The van der Waals surface area contributed by atoms with Crippen molar-refractivity contribution in [2.75, 3.05) is 19.7 Å². The van der Waals surface area contributed by atoms with E-state index in [9.17, 15) is 54.9 Å². The number of hydroxylamine groups is 2. The van der Waals surface area contributed by atoms with E-state index in [1.165, 1.54) is 41.7 Å². The average molecular weight is 886 g/mol. The van der Waals surface area contributed by atoms with E-state index in [1.807, 2.05) is 32.0 Å². The van der Waals surface area contributed by atoms with Gasteiger partial charge >= 0.3 is 11.9 Å². The van der Waals surface area contributed by atoms with E-state index in [-0.39, 0.29) is 60.4 Å². The molecule has 19 heteroatoms. The molecule has 3 aromatic carbocycles. The number of benzene rings is 3. The molecule has 8 N–H and O–H groups in total. The number of carboxylic acid groups (broad SMARTS) is 1. The van der Waals surface area contributed by atoms with Crippen molar-refractivity contribution in [2.24, 2.45) is 4.99 Å². The Morgan fingerprint density at radius 2 is 1.80 bits per heavy atom. The minimum absolute atomic E-state index is 0.0000387. The number of rotatable bonds is 18. The molecule has 8 atom stereocenters. The van der Waals surface area contributed by atoms with Crippen molar-refractivity contribution in [3.63, 3.8) is 0 Å². The van der Waals surface area contributed by atoms with E-state index in [0.29, 0.717) is 28.8 Å². The SMILES string of the molecule is Cc1cc(C)cc(C2=C3N=CC=C3CN2O[C@@H]2[C@@H](Oc3ccc4c(=O)c(-c5ccc(O)cc5)coc4c3)O[C@@H]([C@@H](O)OC(=O)[C@H](NCCC=O)C(=O)O)[C@H](O)[C@]2(O)[C@H](O)CCCO)c1. The summed E-state index contributed by atoms with van der Waals surface area (Å²) < 4.78 is 23.3. The Labute approximate surface area is 364 Å². The zero-order valence-corrected chi connectivity index (χ0v) is 34.6. The van der Waals surface area contributed by atoms with Gasteiger partial charge in [0, 0.05) is 43.0 Å². The van der Waals surface area contributed by atoms with Crippen LogP contribution in [0, 0.1) is 13.8 Å². The monoisotopic (exact) mass is 885 g/mol. The van der Waals surface area contributed by atoms with Crippen LogP contribution in [0.2, 0.25) is 0 Å². The lowest BCUT2D eigenvalue weighted by Gasteiger charge is -2.52. The summed E-state index contributed by atoms with van der Waals surface area (Å²) in [7, 11) is 0. The van der Waals surface area contributed by atoms with Crippen LogP contribution in [0.5, 0.6) is 11.5 Å². The second kappa shape index (κ2) is 19.2. The number of aldehydes is 1. The van der Waals surface area contributed by atoms with Gasteiger partial charge < -0.3 is 59.2 Å². The number of phenols is 1. The van der Waals surface area contributed by atoms with Gasteiger partial charge in [-0.05, 0) is 74.7 Å². The smallest absolute Gasteiger partial charge is 0.337 e. The van der Waals surface area contributed by atoms with Crippen molar-refractivity contribution in [3.05, 3.63) is 111 Å². The molecule has 0 radical (unpaired) electrons. The predicted octanol–water partition coefficient (Wildman–Crippen LogP) is 1.60.